The summed E-state index contributed by atoms with van der Waals surface area (Å²) in [6.45, 7) is 4.33. The van der Waals surface area contributed by atoms with E-state index >= 15 is 4.39 Å². The van der Waals surface area contributed by atoms with Crippen molar-refractivity contribution in [3.05, 3.63) is 47.7 Å². The van der Waals surface area contributed by atoms with Gasteiger partial charge in [-0.05, 0) is 87.2 Å². The smallest absolute Gasteiger partial charge is 0.319 e. The number of hydrogen-bond donors (Lipinski definition) is 2. The number of phenols is 1. The first-order valence-corrected chi connectivity index (χ1v) is 14.7. The van der Waals surface area contributed by atoms with Gasteiger partial charge in [-0.25, -0.2) is 8.78 Å². The van der Waals surface area contributed by atoms with Crippen molar-refractivity contribution in [2.75, 3.05) is 45.2 Å². The molecule has 0 radical (unpaired) electrons. The summed E-state index contributed by atoms with van der Waals surface area (Å²) < 4.78 is 37.7. The molecule has 1 unspecified atom stereocenters. The van der Waals surface area contributed by atoms with Gasteiger partial charge in [-0.15, -0.1) is 0 Å². The van der Waals surface area contributed by atoms with Crippen LogP contribution < -0.4 is 9.64 Å². The molecule has 8 nitrogen and oxygen atoms in total. The fourth-order valence-corrected chi connectivity index (χ4v) is 6.25. The van der Waals surface area contributed by atoms with Crippen molar-refractivity contribution in [2.24, 2.45) is 5.41 Å². The number of phenolic OH excluding ortho intramolecular Hbond substituents is 1. The first-order valence-electron chi connectivity index (χ1n) is 14.7. The SMILES string of the molecule is CCc1c(F)ccc2cc(O)cc(-c3ncc4c(N5CCCC(O)CC5)nc(OCC5(CN(C)C)CC5)nc4c3F)c12. The van der Waals surface area contributed by atoms with Crippen LogP contribution in [0.15, 0.2) is 30.5 Å². The molecule has 4 aromatic rings. The van der Waals surface area contributed by atoms with E-state index in [0.29, 0.717) is 72.1 Å². The Morgan fingerprint density at radius 2 is 1.93 bits per heavy atom. The number of pyridine rings is 1. The Morgan fingerprint density at radius 3 is 2.67 bits per heavy atom. The fraction of sp³-hybridized carbons (Fsp3) is 0.469. The molecule has 1 aliphatic carbocycles. The number of aliphatic hydroxyl groups is 1. The van der Waals surface area contributed by atoms with Gasteiger partial charge >= 0.3 is 6.01 Å². The predicted octanol–water partition coefficient (Wildman–Crippen LogP) is 5.46. The van der Waals surface area contributed by atoms with Gasteiger partial charge in [0.05, 0.1) is 18.1 Å². The molecule has 10 heteroatoms. The maximum absolute atomic E-state index is 16.6. The molecule has 6 rings (SSSR count). The minimum Gasteiger partial charge on any atom is -0.508 e. The van der Waals surface area contributed by atoms with Crippen LogP contribution in [-0.2, 0) is 6.42 Å². The number of hydrogen-bond acceptors (Lipinski definition) is 8. The summed E-state index contributed by atoms with van der Waals surface area (Å²) in [5.41, 5.74) is 0.766. The highest BCUT2D eigenvalue weighted by molar-refractivity contribution is 6.01. The second-order valence-electron chi connectivity index (χ2n) is 12.1. The average Bonchev–Trinajstić information content (AvgIpc) is 3.75. The Kier molecular flexibility index (Phi) is 7.61. The number of aromatic nitrogens is 3. The van der Waals surface area contributed by atoms with Crippen LogP contribution in [0.3, 0.4) is 0 Å². The lowest BCUT2D eigenvalue weighted by atomic mass is 9.94. The number of fused-ring (bicyclic) bond motifs is 2. The number of benzene rings is 2. The Hall–Kier alpha value is -3.63. The van der Waals surface area contributed by atoms with Crippen LogP contribution in [0, 0.1) is 17.0 Å². The summed E-state index contributed by atoms with van der Waals surface area (Å²) in [7, 11) is 4.06. The van der Waals surface area contributed by atoms with Gasteiger partial charge in [0, 0.05) is 36.8 Å². The second-order valence-corrected chi connectivity index (χ2v) is 12.1. The van der Waals surface area contributed by atoms with E-state index in [4.69, 9.17) is 9.72 Å². The Balaban J connectivity index is 1.50. The highest BCUT2D eigenvalue weighted by Gasteiger charge is 2.44. The molecule has 42 heavy (non-hydrogen) atoms. The number of aryl methyl sites for hydroxylation is 1. The normalized spacial score (nSPS) is 18.5. The number of aliphatic hydroxyl groups excluding tert-OH is 1. The minimum atomic E-state index is -0.691. The zero-order chi connectivity index (χ0) is 29.6. The van der Waals surface area contributed by atoms with Crippen LogP contribution in [0.1, 0.15) is 44.6 Å². The first-order chi connectivity index (χ1) is 20.2. The van der Waals surface area contributed by atoms with E-state index in [9.17, 15) is 14.6 Å². The molecule has 1 saturated heterocycles. The van der Waals surface area contributed by atoms with Crippen molar-refractivity contribution >= 4 is 27.5 Å². The fourth-order valence-electron chi connectivity index (χ4n) is 6.25. The molecule has 2 N–H and O–H groups in total. The lowest BCUT2D eigenvalue weighted by Crippen LogP contribution is -2.29. The average molecular weight is 578 g/mol. The van der Waals surface area contributed by atoms with Crippen LogP contribution in [-0.4, -0.2) is 76.5 Å². The van der Waals surface area contributed by atoms with E-state index in [2.05, 4.69) is 14.9 Å². The van der Waals surface area contributed by atoms with E-state index in [1.165, 1.54) is 18.2 Å². The second kappa shape index (κ2) is 11.2. The molecule has 2 fully saturated rings. The van der Waals surface area contributed by atoms with Crippen LogP contribution >= 0.6 is 0 Å². The maximum atomic E-state index is 16.6. The van der Waals surface area contributed by atoms with Crippen LogP contribution in [0.25, 0.3) is 32.9 Å². The number of ether oxygens (including phenoxy) is 1. The molecule has 2 aromatic carbocycles. The summed E-state index contributed by atoms with van der Waals surface area (Å²) in [6.07, 6.45) is 5.64. The summed E-state index contributed by atoms with van der Waals surface area (Å²) in [5.74, 6) is -0.642. The number of anilines is 1. The molecule has 0 spiro atoms. The number of halogens is 2. The van der Waals surface area contributed by atoms with Gasteiger partial charge in [0.15, 0.2) is 5.82 Å². The van der Waals surface area contributed by atoms with E-state index in [0.717, 1.165) is 25.8 Å². The third kappa shape index (κ3) is 5.45. The number of nitrogens with zero attached hydrogens (tertiary/aromatic N) is 5. The molecule has 3 heterocycles. The summed E-state index contributed by atoms with van der Waals surface area (Å²) in [4.78, 5) is 18.0. The summed E-state index contributed by atoms with van der Waals surface area (Å²) in [6, 6.07) is 5.99. The van der Waals surface area contributed by atoms with Gasteiger partial charge in [-0.3, -0.25) is 4.98 Å². The molecule has 1 aliphatic heterocycles. The Labute approximate surface area is 244 Å². The van der Waals surface area contributed by atoms with E-state index in [-0.39, 0.29) is 28.4 Å². The highest BCUT2D eigenvalue weighted by Crippen LogP contribution is 2.46. The van der Waals surface area contributed by atoms with Gasteiger partial charge in [0.2, 0.25) is 0 Å². The monoisotopic (exact) mass is 577 g/mol. The van der Waals surface area contributed by atoms with Crippen molar-refractivity contribution in [1.29, 1.82) is 0 Å². The van der Waals surface area contributed by atoms with Crippen molar-refractivity contribution < 1.29 is 23.7 Å². The highest BCUT2D eigenvalue weighted by atomic mass is 19.1. The van der Waals surface area contributed by atoms with Crippen molar-refractivity contribution in [3.63, 3.8) is 0 Å². The summed E-state index contributed by atoms with van der Waals surface area (Å²) in [5, 5.41) is 22.3. The molecular formula is C32H37F2N5O3. The molecule has 0 amide bonds. The maximum Gasteiger partial charge on any atom is 0.319 e. The van der Waals surface area contributed by atoms with Gasteiger partial charge in [0.1, 0.15) is 28.6 Å². The molecule has 0 bridgehead atoms. The van der Waals surface area contributed by atoms with Crippen molar-refractivity contribution in [2.45, 2.75) is 51.6 Å². The van der Waals surface area contributed by atoms with Gasteiger partial charge in [0.25, 0.3) is 0 Å². The predicted molar refractivity (Wildman–Crippen MR) is 159 cm³/mol. The lowest BCUT2D eigenvalue weighted by Gasteiger charge is -2.24. The van der Waals surface area contributed by atoms with Crippen molar-refractivity contribution in [3.8, 4) is 23.0 Å². The minimum absolute atomic E-state index is 0.0255. The van der Waals surface area contributed by atoms with Crippen LogP contribution in [0.2, 0.25) is 0 Å². The zero-order valence-corrected chi connectivity index (χ0v) is 24.3. The topological polar surface area (TPSA) is 94.8 Å². The van der Waals surface area contributed by atoms with Gasteiger partial charge in [-0.1, -0.05) is 13.0 Å². The zero-order valence-electron chi connectivity index (χ0n) is 24.3. The molecule has 2 aromatic heterocycles. The van der Waals surface area contributed by atoms with Crippen molar-refractivity contribution in [1.82, 2.24) is 19.9 Å². The van der Waals surface area contributed by atoms with E-state index in [1.807, 2.05) is 25.9 Å². The van der Waals surface area contributed by atoms with Crippen LogP contribution in [0.4, 0.5) is 14.6 Å². The van der Waals surface area contributed by atoms with E-state index < -0.39 is 17.7 Å². The largest absolute Gasteiger partial charge is 0.508 e. The molecule has 1 saturated carbocycles. The lowest BCUT2D eigenvalue weighted by molar-refractivity contribution is 0.161. The molecule has 222 valence electrons. The van der Waals surface area contributed by atoms with Gasteiger partial charge in [-0.2, -0.15) is 9.97 Å². The number of rotatable bonds is 8. The van der Waals surface area contributed by atoms with E-state index in [1.54, 1.807) is 12.3 Å². The summed E-state index contributed by atoms with van der Waals surface area (Å²) >= 11 is 0. The third-order valence-corrected chi connectivity index (χ3v) is 8.52. The Bertz CT molecular complexity index is 1640. The van der Waals surface area contributed by atoms with Gasteiger partial charge < -0.3 is 24.7 Å². The quantitative estimate of drug-likeness (QED) is 0.285. The standard InChI is InChI=1S/C32H37F2N5O3/c1-4-22-25(33)8-7-19-14-21(41)15-23(26(19)22)28-27(34)29-24(16-35-28)30(39-12-5-6-20(40)9-13-39)37-31(36-29)42-18-32(10-11-32)17-38(2)3/h7-8,14-16,20,40-41H,4-6,9-13,17-18H2,1-3H3. The van der Waals surface area contributed by atoms with Crippen LogP contribution in [0.5, 0.6) is 11.8 Å². The Morgan fingerprint density at radius 1 is 1.12 bits per heavy atom. The number of aromatic hydroxyl groups is 1. The molecular weight excluding hydrogens is 540 g/mol. The third-order valence-electron chi connectivity index (χ3n) is 8.52. The molecule has 2 aliphatic rings. The first kappa shape index (κ1) is 28.5. The molecule has 1 atom stereocenters.